The lowest BCUT2D eigenvalue weighted by molar-refractivity contribution is -0.137. The second kappa shape index (κ2) is 8.62. The average molecular weight is 441 g/mol. The minimum atomic E-state index is -4.60. The molecule has 31 heavy (non-hydrogen) atoms. The van der Waals surface area contributed by atoms with Gasteiger partial charge in [0.25, 0.3) is 11.5 Å². The van der Waals surface area contributed by atoms with E-state index in [0.717, 1.165) is 42.5 Å². The lowest BCUT2D eigenvalue weighted by Crippen LogP contribution is -2.32. The molecular formula is C20H13F6N3O2. The third-order valence-corrected chi connectivity index (χ3v) is 4.32. The number of nitrogens with one attached hydrogen (secondary N) is 1. The molecule has 0 fully saturated rings. The lowest BCUT2D eigenvalue weighted by Gasteiger charge is -2.20. The average Bonchev–Trinajstić information content (AvgIpc) is 2.72. The minimum absolute atomic E-state index is 0.0311. The van der Waals surface area contributed by atoms with E-state index in [1.807, 2.05) is 0 Å². The molecule has 162 valence electrons. The fourth-order valence-electron chi connectivity index (χ4n) is 2.79. The largest absolute Gasteiger partial charge is 0.416 e. The van der Waals surface area contributed by atoms with E-state index >= 15 is 0 Å². The van der Waals surface area contributed by atoms with E-state index in [0.29, 0.717) is 6.20 Å². The number of halogens is 6. The highest BCUT2D eigenvalue weighted by atomic mass is 19.4. The van der Waals surface area contributed by atoms with Gasteiger partial charge in [-0.15, -0.1) is 0 Å². The standard InChI is InChI=1S/C20H13F6N3O2/c21-14-2-1-9-27-17(14)16(11-3-6-13(7-4-11)20(24,25)26)28-18(31)12-5-8-15(30)29(10-12)19(22)23/h1-10,16,19H,(H,28,31). The molecule has 1 N–H and O–H groups in total. The fourth-order valence-corrected chi connectivity index (χ4v) is 2.79. The number of rotatable bonds is 5. The summed E-state index contributed by atoms with van der Waals surface area (Å²) < 4.78 is 78.8. The highest BCUT2D eigenvalue weighted by molar-refractivity contribution is 5.94. The van der Waals surface area contributed by atoms with Crippen LogP contribution in [0.4, 0.5) is 26.3 Å². The molecule has 0 saturated carbocycles. The van der Waals surface area contributed by atoms with Crippen LogP contribution in [-0.2, 0) is 6.18 Å². The molecule has 5 nitrogen and oxygen atoms in total. The van der Waals surface area contributed by atoms with Gasteiger partial charge in [-0.25, -0.2) is 4.39 Å². The smallest absolute Gasteiger partial charge is 0.339 e. The van der Waals surface area contributed by atoms with Crippen molar-refractivity contribution in [3.63, 3.8) is 0 Å². The van der Waals surface area contributed by atoms with E-state index in [-0.39, 0.29) is 21.4 Å². The quantitative estimate of drug-likeness (QED) is 0.600. The first-order chi connectivity index (χ1) is 14.6. The van der Waals surface area contributed by atoms with Crippen LogP contribution >= 0.6 is 0 Å². The molecule has 0 aliphatic rings. The monoisotopic (exact) mass is 441 g/mol. The van der Waals surface area contributed by atoms with Crippen LogP contribution in [-0.4, -0.2) is 15.5 Å². The molecule has 0 aliphatic heterocycles. The molecule has 1 unspecified atom stereocenters. The maximum absolute atomic E-state index is 14.3. The Morgan fingerprint density at radius 2 is 1.71 bits per heavy atom. The maximum Gasteiger partial charge on any atom is 0.416 e. The van der Waals surface area contributed by atoms with Crippen LogP contribution < -0.4 is 10.9 Å². The third-order valence-electron chi connectivity index (χ3n) is 4.32. The van der Waals surface area contributed by atoms with Gasteiger partial charge in [-0.3, -0.25) is 19.1 Å². The van der Waals surface area contributed by atoms with Gasteiger partial charge in [0.2, 0.25) is 0 Å². The zero-order valence-electron chi connectivity index (χ0n) is 15.4. The predicted molar refractivity (Wildman–Crippen MR) is 96.9 cm³/mol. The van der Waals surface area contributed by atoms with Crippen molar-refractivity contribution in [2.75, 3.05) is 0 Å². The van der Waals surface area contributed by atoms with Crippen LogP contribution in [0, 0.1) is 5.82 Å². The molecule has 0 spiro atoms. The van der Waals surface area contributed by atoms with Crippen LogP contribution in [0.2, 0.25) is 0 Å². The highest BCUT2D eigenvalue weighted by Crippen LogP contribution is 2.31. The zero-order valence-corrected chi connectivity index (χ0v) is 15.4. The number of alkyl halides is 5. The van der Waals surface area contributed by atoms with Crippen molar-refractivity contribution in [2.24, 2.45) is 0 Å². The van der Waals surface area contributed by atoms with Crippen molar-refractivity contribution in [1.82, 2.24) is 14.9 Å². The van der Waals surface area contributed by atoms with Crippen molar-refractivity contribution in [2.45, 2.75) is 18.8 Å². The normalized spacial score (nSPS) is 12.6. The van der Waals surface area contributed by atoms with E-state index in [4.69, 9.17) is 0 Å². The Kier molecular flexibility index (Phi) is 6.14. The summed E-state index contributed by atoms with van der Waals surface area (Å²) in [5, 5.41) is 2.37. The van der Waals surface area contributed by atoms with Gasteiger partial charge >= 0.3 is 12.7 Å². The van der Waals surface area contributed by atoms with Gasteiger partial charge in [-0.2, -0.15) is 22.0 Å². The summed E-state index contributed by atoms with van der Waals surface area (Å²) in [6.07, 6.45) is -2.75. The first-order valence-corrected chi connectivity index (χ1v) is 8.66. The summed E-state index contributed by atoms with van der Waals surface area (Å²) in [5.74, 6) is -1.81. The molecule has 0 saturated heterocycles. The molecule has 3 rings (SSSR count). The van der Waals surface area contributed by atoms with Gasteiger partial charge in [-0.1, -0.05) is 12.1 Å². The molecule has 2 aromatic heterocycles. The van der Waals surface area contributed by atoms with Gasteiger partial charge < -0.3 is 5.32 Å². The van der Waals surface area contributed by atoms with E-state index in [9.17, 15) is 35.9 Å². The number of carbonyl (C=O) groups excluding carboxylic acids is 1. The molecule has 1 atom stereocenters. The predicted octanol–water partition coefficient (Wildman–Crippen LogP) is 4.32. The molecule has 3 aromatic rings. The second-order valence-corrected chi connectivity index (χ2v) is 6.34. The summed E-state index contributed by atoms with van der Waals surface area (Å²) in [7, 11) is 0. The number of hydrogen-bond acceptors (Lipinski definition) is 3. The number of amides is 1. The minimum Gasteiger partial charge on any atom is -0.339 e. The number of nitrogens with zero attached hydrogens (tertiary/aromatic N) is 2. The summed E-state index contributed by atoms with van der Waals surface area (Å²) in [4.78, 5) is 27.9. The molecule has 0 radical (unpaired) electrons. The summed E-state index contributed by atoms with van der Waals surface area (Å²) in [5.41, 5.74) is -2.56. The van der Waals surface area contributed by atoms with E-state index in [1.165, 1.54) is 12.3 Å². The molecule has 11 heteroatoms. The van der Waals surface area contributed by atoms with Crippen LogP contribution in [0.1, 0.15) is 39.8 Å². The third kappa shape index (κ3) is 4.93. The number of pyridine rings is 2. The molecule has 2 heterocycles. The number of benzene rings is 1. The maximum atomic E-state index is 14.3. The number of aromatic nitrogens is 2. The Balaban J connectivity index is 2.00. The Labute approximate surface area is 171 Å². The van der Waals surface area contributed by atoms with Crippen molar-refractivity contribution < 1.29 is 31.1 Å². The second-order valence-electron chi connectivity index (χ2n) is 6.34. The summed E-state index contributed by atoms with van der Waals surface area (Å²) in [6.45, 7) is -3.20. The Hall–Kier alpha value is -3.63. The fraction of sp³-hybridized carbons (Fsp3) is 0.150. The highest BCUT2D eigenvalue weighted by Gasteiger charge is 2.31. The number of hydrogen-bond donors (Lipinski definition) is 1. The number of carbonyl (C=O) groups is 1. The molecule has 0 aliphatic carbocycles. The molecule has 1 aromatic carbocycles. The first-order valence-electron chi connectivity index (χ1n) is 8.66. The topological polar surface area (TPSA) is 64.0 Å². The Morgan fingerprint density at radius 3 is 2.29 bits per heavy atom. The molecule has 0 bridgehead atoms. The summed E-state index contributed by atoms with van der Waals surface area (Å²) >= 11 is 0. The molecule has 1 amide bonds. The van der Waals surface area contributed by atoms with Crippen LogP contribution in [0.25, 0.3) is 0 Å². The van der Waals surface area contributed by atoms with Gasteiger partial charge in [-0.05, 0) is 35.9 Å². The van der Waals surface area contributed by atoms with Gasteiger partial charge in [0, 0.05) is 18.5 Å². The van der Waals surface area contributed by atoms with E-state index in [1.54, 1.807) is 0 Å². The first kappa shape index (κ1) is 22.1. The van der Waals surface area contributed by atoms with Crippen LogP contribution in [0.5, 0.6) is 0 Å². The van der Waals surface area contributed by atoms with Crippen molar-refractivity contribution in [1.29, 1.82) is 0 Å². The van der Waals surface area contributed by atoms with Gasteiger partial charge in [0.1, 0.15) is 11.5 Å². The molecular weight excluding hydrogens is 428 g/mol. The van der Waals surface area contributed by atoms with Gasteiger partial charge in [0.15, 0.2) is 0 Å². The lowest BCUT2D eigenvalue weighted by atomic mass is 10.0. The van der Waals surface area contributed by atoms with Crippen molar-refractivity contribution in [3.05, 3.63) is 99.5 Å². The Morgan fingerprint density at radius 1 is 1.03 bits per heavy atom. The SMILES string of the molecule is O=C(NC(c1ccc(C(F)(F)F)cc1)c1ncccc1F)c1ccc(=O)n(C(F)F)c1. The van der Waals surface area contributed by atoms with Crippen LogP contribution in [0.15, 0.2) is 65.7 Å². The summed E-state index contributed by atoms with van der Waals surface area (Å²) in [6, 6.07) is 6.35. The van der Waals surface area contributed by atoms with Gasteiger partial charge in [0.05, 0.1) is 17.2 Å². The Bertz CT molecular complexity index is 1140. The van der Waals surface area contributed by atoms with E-state index < -0.39 is 41.6 Å². The van der Waals surface area contributed by atoms with Crippen molar-refractivity contribution >= 4 is 5.91 Å². The van der Waals surface area contributed by atoms with Crippen molar-refractivity contribution in [3.8, 4) is 0 Å². The van der Waals surface area contributed by atoms with Crippen LogP contribution in [0.3, 0.4) is 0 Å². The zero-order chi connectivity index (χ0) is 22.8. The van der Waals surface area contributed by atoms with E-state index in [2.05, 4.69) is 10.3 Å².